The summed E-state index contributed by atoms with van der Waals surface area (Å²) in [6.45, 7) is 8.43. The number of ether oxygens (including phenoxy) is 1. The van der Waals surface area contributed by atoms with Crippen molar-refractivity contribution in [1.29, 1.82) is 10.5 Å². The van der Waals surface area contributed by atoms with Gasteiger partial charge in [-0.2, -0.15) is 10.5 Å². The molecule has 7 unspecified atom stereocenters. The topological polar surface area (TPSA) is 143 Å². The van der Waals surface area contributed by atoms with Crippen LogP contribution in [0.1, 0.15) is 79.1 Å². The molecular formula is C38H50FN3O5S2. The van der Waals surface area contributed by atoms with E-state index >= 15 is 0 Å². The Morgan fingerprint density at radius 2 is 1.88 bits per heavy atom. The molecule has 8 atom stereocenters. The molecule has 0 spiro atoms. The Balaban J connectivity index is 0.00000174. The lowest BCUT2D eigenvalue weighted by Gasteiger charge is -2.61. The molecule has 3 fully saturated rings. The van der Waals surface area contributed by atoms with Crippen LogP contribution in [0.3, 0.4) is 0 Å². The molecular weight excluding hydrogens is 662 g/mol. The van der Waals surface area contributed by atoms with Gasteiger partial charge in [0.15, 0.2) is 0 Å². The van der Waals surface area contributed by atoms with Crippen LogP contribution in [0.2, 0.25) is 0 Å². The zero-order chi connectivity index (χ0) is 36.0. The van der Waals surface area contributed by atoms with Crippen LogP contribution < -0.4 is 5.32 Å². The number of thioether (sulfide) groups is 2. The van der Waals surface area contributed by atoms with E-state index in [0.717, 1.165) is 66.9 Å². The number of nitrogens with one attached hydrogen (secondary N) is 1. The largest absolute Gasteiger partial charge is 0.397 e. The molecule has 8 nitrogen and oxygen atoms in total. The van der Waals surface area contributed by atoms with Gasteiger partial charge in [-0.25, -0.2) is 4.39 Å². The van der Waals surface area contributed by atoms with E-state index in [1.807, 2.05) is 6.07 Å². The van der Waals surface area contributed by atoms with E-state index in [4.69, 9.17) is 20.4 Å². The van der Waals surface area contributed by atoms with E-state index in [1.54, 1.807) is 20.1 Å². The smallest absolute Gasteiger partial charge is 0.223 e. The number of methoxy groups -OCH3 is 1. The number of nitriles is 2. The first-order valence-electron chi connectivity index (χ1n) is 17.3. The van der Waals surface area contributed by atoms with Crippen LogP contribution in [0.5, 0.6) is 0 Å². The summed E-state index contributed by atoms with van der Waals surface area (Å²) in [5.41, 5.74) is 1.53. The monoisotopic (exact) mass is 711 g/mol. The molecule has 5 aliphatic rings. The van der Waals surface area contributed by atoms with Crippen molar-refractivity contribution in [2.24, 2.45) is 28.6 Å². The molecule has 0 aromatic carbocycles. The Morgan fingerprint density at radius 1 is 1.18 bits per heavy atom. The number of hydrogen-bond acceptors (Lipinski definition) is 10. The third kappa shape index (κ3) is 7.39. The number of carbonyl (C=O) groups is 2. The lowest BCUT2D eigenvalue weighted by atomic mass is 9.45. The maximum atomic E-state index is 14.6. The molecule has 0 amide bonds. The molecule has 5 aliphatic carbocycles. The molecule has 11 heteroatoms. The maximum absolute atomic E-state index is 14.6. The second-order valence-electron chi connectivity index (χ2n) is 14.0. The predicted molar refractivity (Wildman–Crippen MR) is 192 cm³/mol. The van der Waals surface area contributed by atoms with Gasteiger partial charge >= 0.3 is 0 Å². The predicted octanol–water partition coefficient (Wildman–Crippen LogP) is 6.84. The lowest BCUT2D eigenvalue weighted by Crippen LogP contribution is -2.61. The van der Waals surface area contributed by atoms with Crippen molar-refractivity contribution >= 4 is 33.8 Å². The van der Waals surface area contributed by atoms with E-state index in [-0.39, 0.29) is 58.0 Å². The number of fused-ring (bicyclic) bond motifs is 5. The Labute approximate surface area is 299 Å². The molecule has 0 aliphatic heterocycles. The zero-order valence-corrected chi connectivity index (χ0v) is 30.9. The summed E-state index contributed by atoms with van der Waals surface area (Å²) in [5, 5.41) is 40.7. The fourth-order valence-electron chi connectivity index (χ4n) is 9.53. The van der Waals surface area contributed by atoms with Gasteiger partial charge in [0.1, 0.15) is 11.4 Å². The average Bonchev–Trinajstić information content (AvgIpc) is 3.38. The Kier molecular flexibility index (Phi) is 13.2. The molecule has 0 bridgehead atoms. The average molecular weight is 712 g/mol. The fourth-order valence-corrected chi connectivity index (χ4v) is 10.9. The molecule has 0 aromatic heterocycles. The van der Waals surface area contributed by atoms with Gasteiger partial charge in [-0.1, -0.05) is 62.0 Å². The highest BCUT2D eigenvalue weighted by Gasteiger charge is 2.69. The minimum Gasteiger partial charge on any atom is -0.397 e. The second-order valence-corrected chi connectivity index (χ2v) is 15.9. The third-order valence-corrected chi connectivity index (χ3v) is 13.1. The van der Waals surface area contributed by atoms with Gasteiger partial charge in [-0.3, -0.25) is 9.59 Å². The summed E-state index contributed by atoms with van der Waals surface area (Å²) in [6.07, 6.45) is 14.6. The highest BCUT2D eigenvalue weighted by Crippen LogP contribution is 2.69. The molecule has 3 N–H and O–H groups in total. The van der Waals surface area contributed by atoms with Crippen LogP contribution in [0, 0.1) is 51.2 Å². The first kappa shape index (κ1) is 39.1. The molecule has 3 saturated carbocycles. The van der Waals surface area contributed by atoms with Gasteiger partial charge in [0, 0.05) is 30.9 Å². The number of aliphatic hydroxyl groups is 2. The van der Waals surface area contributed by atoms with Gasteiger partial charge in [-0.05, 0) is 105 Å². The maximum Gasteiger partial charge on any atom is 0.223 e. The van der Waals surface area contributed by atoms with E-state index in [1.165, 1.54) is 11.6 Å². The van der Waals surface area contributed by atoms with Crippen molar-refractivity contribution in [1.82, 2.24) is 5.32 Å². The SMILES string of the molecule is CC/C=C/C1=C(NC2C=C(C(=O)SCC#N)C(F)=CC2)C=C2CCC3C4CCC(OC)(C(=O)SCC#N)C4(C)CC(O)[C@@H]3C2(C)C1.CCO. The van der Waals surface area contributed by atoms with Gasteiger partial charge in [0.05, 0.1) is 35.3 Å². The van der Waals surface area contributed by atoms with Crippen LogP contribution in [-0.2, 0) is 14.3 Å². The summed E-state index contributed by atoms with van der Waals surface area (Å²) < 4.78 is 20.7. The van der Waals surface area contributed by atoms with Crippen LogP contribution in [0.15, 0.2) is 58.6 Å². The van der Waals surface area contributed by atoms with Crippen LogP contribution >= 0.6 is 23.5 Å². The Morgan fingerprint density at radius 3 is 2.53 bits per heavy atom. The second kappa shape index (κ2) is 16.6. The van der Waals surface area contributed by atoms with Crippen LogP contribution in [0.4, 0.5) is 4.39 Å². The van der Waals surface area contributed by atoms with E-state index < -0.39 is 28.1 Å². The summed E-state index contributed by atoms with van der Waals surface area (Å²) in [6, 6.07) is 3.71. The molecule has 5 rings (SSSR count). The summed E-state index contributed by atoms with van der Waals surface area (Å²) in [4.78, 5) is 26.1. The van der Waals surface area contributed by atoms with Crippen molar-refractivity contribution in [2.45, 2.75) is 96.8 Å². The molecule has 0 aromatic rings. The normalized spacial score (nSPS) is 34.9. The summed E-state index contributed by atoms with van der Waals surface area (Å²) in [7, 11) is 1.60. The van der Waals surface area contributed by atoms with E-state index in [9.17, 15) is 19.1 Å². The molecule has 0 radical (unpaired) electrons. The fraction of sp³-hybridized carbons (Fsp3) is 0.632. The van der Waals surface area contributed by atoms with Gasteiger partial charge in [0.25, 0.3) is 0 Å². The Hall–Kier alpha value is -2.67. The molecule has 266 valence electrons. The minimum absolute atomic E-state index is 0.00522. The number of hydrogen-bond donors (Lipinski definition) is 3. The van der Waals surface area contributed by atoms with Crippen molar-refractivity contribution in [2.75, 3.05) is 25.2 Å². The first-order chi connectivity index (χ1) is 23.4. The zero-order valence-electron chi connectivity index (χ0n) is 29.3. The molecule has 49 heavy (non-hydrogen) atoms. The van der Waals surface area contributed by atoms with Gasteiger partial charge in [0.2, 0.25) is 10.2 Å². The molecule has 0 heterocycles. The number of aliphatic hydroxyl groups excluding tert-OH is 2. The highest BCUT2D eigenvalue weighted by molar-refractivity contribution is 8.14. The van der Waals surface area contributed by atoms with Crippen molar-refractivity contribution in [3.05, 3.63) is 58.6 Å². The number of allylic oxidation sites excluding steroid dienone is 6. The summed E-state index contributed by atoms with van der Waals surface area (Å²) >= 11 is 1.84. The number of nitrogens with zero attached hydrogens (tertiary/aromatic N) is 2. The first-order valence-corrected chi connectivity index (χ1v) is 19.3. The van der Waals surface area contributed by atoms with Crippen molar-refractivity contribution < 1.29 is 28.9 Å². The van der Waals surface area contributed by atoms with Crippen molar-refractivity contribution in [3.8, 4) is 12.1 Å². The third-order valence-electron chi connectivity index (χ3n) is 11.5. The standard InChI is InChI=1S/C36H44FN3O4S2.C2H6O/c1-5-6-7-22-20-34(2)23(18-29(22)40-24-9-11-28(37)26(19-24)32(42)45-16-14-38)8-10-25-27-12-13-36(44-4,33(43)46-17-15-39)35(27,3)21-30(41)31(25)34;1-2-3/h6-7,11,18-19,24-25,27,30-31,40-41H,5,8-10,12-13,16-17,20-21H2,1-4H3;3H,2H2,1H3/b7-6+;/t24?,25?,27?,30?,31-,34?,35?,36?;/m1./s1. The minimum atomic E-state index is -1.02. The van der Waals surface area contributed by atoms with Gasteiger partial charge < -0.3 is 20.3 Å². The van der Waals surface area contributed by atoms with E-state index in [0.29, 0.717) is 19.3 Å². The number of halogens is 1. The number of rotatable bonds is 9. The van der Waals surface area contributed by atoms with E-state index in [2.05, 4.69) is 50.4 Å². The van der Waals surface area contributed by atoms with Crippen LogP contribution in [-0.4, -0.2) is 63.4 Å². The number of carbonyl (C=O) groups excluding carboxylic acids is 2. The van der Waals surface area contributed by atoms with Gasteiger partial charge in [-0.15, -0.1) is 0 Å². The highest BCUT2D eigenvalue weighted by atomic mass is 32.2. The lowest BCUT2D eigenvalue weighted by molar-refractivity contribution is -0.181. The summed E-state index contributed by atoms with van der Waals surface area (Å²) in [5.74, 6) is -0.0362. The Bertz CT molecular complexity index is 1530. The molecule has 0 saturated heterocycles. The van der Waals surface area contributed by atoms with Crippen LogP contribution in [0.25, 0.3) is 0 Å². The quantitative estimate of drug-likeness (QED) is 0.233. The van der Waals surface area contributed by atoms with Crippen molar-refractivity contribution in [3.63, 3.8) is 0 Å².